The van der Waals surface area contributed by atoms with Crippen LogP contribution in [-0.4, -0.2) is 50.7 Å². The average Bonchev–Trinajstić information content (AvgIpc) is 2.35. The van der Waals surface area contributed by atoms with Gasteiger partial charge in [0.1, 0.15) is 0 Å². The highest BCUT2D eigenvalue weighted by atomic mass is 15.3. The summed E-state index contributed by atoms with van der Waals surface area (Å²) in [6.07, 6.45) is 0. The first kappa shape index (κ1) is 12.0. The maximum atomic E-state index is 3.35. The van der Waals surface area contributed by atoms with Crippen LogP contribution in [0, 0.1) is 12.8 Å². The Hall–Kier alpha value is -1.06. The van der Waals surface area contributed by atoms with Crippen LogP contribution in [-0.2, 0) is 0 Å². The Morgan fingerprint density at radius 2 is 1.94 bits per heavy atom. The first-order valence-electron chi connectivity index (χ1n) is 7.06. The van der Waals surface area contributed by atoms with Gasteiger partial charge < -0.3 is 10.2 Å². The number of nitrogens with one attached hydrogen (secondary N) is 1. The van der Waals surface area contributed by atoms with Crippen molar-refractivity contribution < 1.29 is 0 Å². The van der Waals surface area contributed by atoms with E-state index in [-0.39, 0.29) is 0 Å². The summed E-state index contributed by atoms with van der Waals surface area (Å²) in [6, 6.07) is 8.87. The van der Waals surface area contributed by atoms with Gasteiger partial charge in [0.25, 0.3) is 0 Å². The van der Waals surface area contributed by atoms with Crippen molar-refractivity contribution in [2.24, 2.45) is 5.92 Å². The fourth-order valence-electron chi connectivity index (χ4n) is 2.86. The molecule has 1 aromatic carbocycles. The summed E-state index contributed by atoms with van der Waals surface area (Å²) < 4.78 is 0. The van der Waals surface area contributed by atoms with Crippen molar-refractivity contribution >= 4 is 5.69 Å². The Bertz CT molecular complexity index is 392. The molecular formula is C15H23N3. The van der Waals surface area contributed by atoms with Crippen LogP contribution in [0.2, 0.25) is 0 Å². The fraction of sp³-hybridized carbons (Fsp3) is 0.600. The lowest BCUT2D eigenvalue weighted by atomic mass is 10.0. The highest BCUT2D eigenvalue weighted by molar-refractivity contribution is 5.48. The van der Waals surface area contributed by atoms with Gasteiger partial charge in [-0.15, -0.1) is 0 Å². The molecule has 2 aliphatic rings. The molecule has 98 valence electrons. The lowest BCUT2D eigenvalue weighted by molar-refractivity contribution is 0.184. The molecule has 0 atom stereocenters. The van der Waals surface area contributed by atoms with E-state index in [1.54, 1.807) is 0 Å². The summed E-state index contributed by atoms with van der Waals surface area (Å²) in [4.78, 5) is 5.14. The van der Waals surface area contributed by atoms with Crippen molar-refractivity contribution in [3.05, 3.63) is 29.8 Å². The zero-order valence-electron chi connectivity index (χ0n) is 11.2. The Morgan fingerprint density at radius 3 is 2.56 bits per heavy atom. The summed E-state index contributed by atoms with van der Waals surface area (Å²) >= 11 is 0. The van der Waals surface area contributed by atoms with E-state index in [1.165, 1.54) is 57.1 Å². The fourth-order valence-corrected chi connectivity index (χ4v) is 2.86. The Kier molecular flexibility index (Phi) is 3.52. The average molecular weight is 245 g/mol. The summed E-state index contributed by atoms with van der Waals surface area (Å²) in [5, 5.41) is 3.35. The molecule has 0 unspecified atom stereocenters. The Morgan fingerprint density at radius 1 is 1.17 bits per heavy atom. The summed E-state index contributed by atoms with van der Waals surface area (Å²) in [5.74, 6) is 0.899. The maximum Gasteiger partial charge on any atom is 0.0369 e. The first-order valence-corrected chi connectivity index (χ1v) is 7.06. The molecule has 0 aliphatic carbocycles. The number of piperazine rings is 1. The van der Waals surface area contributed by atoms with E-state index < -0.39 is 0 Å². The van der Waals surface area contributed by atoms with Gasteiger partial charge in [-0.1, -0.05) is 12.1 Å². The predicted octanol–water partition coefficient (Wildman–Crippen LogP) is 1.34. The molecule has 0 aromatic heterocycles. The number of benzene rings is 1. The molecule has 3 nitrogen and oxygen atoms in total. The van der Waals surface area contributed by atoms with Gasteiger partial charge in [-0.25, -0.2) is 0 Å². The number of anilines is 1. The lowest BCUT2D eigenvalue weighted by Crippen LogP contribution is -2.53. The molecule has 0 radical (unpaired) electrons. The molecule has 0 amide bonds. The molecule has 3 rings (SSSR count). The normalized spacial score (nSPS) is 21.9. The molecule has 18 heavy (non-hydrogen) atoms. The van der Waals surface area contributed by atoms with Crippen LogP contribution in [0.1, 0.15) is 5.56 Å². The predicted molar refractivity (Wildman–Crippen MR) is 76.2 cm³/mol. The van der Waals surface area contributed by atoms with Crippen LogP contribution in [0.5, 0.6) is 0 Å². The minimum absolute atomic E-state index is 0.899. The summed E-state index contributed by atoms with van der Waals surface area (Å²) in [7, 11) is 0. The molecule has 0 saturated carbocycles. The van der Waals surface area contributed by atoms with E-state index in [0.717, 1.165) is 5.92 Å². The number of rotatable bonds is 3. The standard InChI is InChI=1S/C15H23N3/c1-13-3-2-4-15(9-13)18-7-5-17(6-8-18)12-14-10-16-11-14/h2-4,9,14,16H,5-8,10-12H2,1H3. The third-order valence-corrected chi connectivity index (χ3v) is 4.12. The zero-order valence-corrected chi connectivity index (χ0v) is 11.2. The van der Waals surface area contributed by atoms with Gasteiger partial charge in [-0.3, -0.25) is 4.90 Å². The van der Waals surface area contributed by atoms with Gasteiger partial charge in [0.05, 0.1) is 0 Å². The SMILES string of the molecule is Cc1cccc(N2CCN(CC3CNC3)CC2)c1. The van der Waals surface area contributed by atoms with E-state index >= 15 is 0 Å². The van der Waals surface area contributed by atoms with E-state index in [2.05, 4.69) is 46.3 Å². The number of hydrogen-bond donors (Lipinski definition) is 1. The molecule has 2 aliphatic heterocycles. The van der Waals surface area contributed by atoms with E-state index in [9.17, 15) is 0 Å². The molecule has 0 bridgehead atoms. The molecule has 2 fully saturated rings. The van der Waals surface area contributed by atoms with Gasteiger partial charge in [-0.2, -0.15) is 0 Å². The topological polar surface area (TPSA) is 18.5 Å². The second-order valence-electron chi connectivity index (χ2n) is 5.65. The molecule has 1 N–H and O–H groups in total. The molecular weight excluding hydrogens is 222 g/mol. The van der Waals surface area contributed by atoms with Gasteiger partial charge >= 0.3 is 0 Å². The van der Waals surface area contributed by atoms with Crippen LogP contribution < -0.4 is 10.2 Å². The highest BCUT2D eigenvalue weighted by Gasteiger charge is 2.23. The maximum absolute atomic E-state index is 3.35. The molecule has 0 spiro atoms. The van der Waals surface area contributed by atoms with Crippen molar-refractivity contribution in [2.45, 2.75) is 6.92 Å². The second-order valence-corrected chi connectivity index (χ2v) is 5.65. The van der Waals surface area contributed by atoms with Crippen LogP contribution in [0.15, 0.2) is 24.3 Å². The van der Waals surface area contributed by atoms with Crippen molar-refractivity contribution in [3.8, 4) is 0 Å². The second kappa shape index (κ2) is 5.29. The quantitative estimate of drug-likeness (QED) is 0.867. The highest BCUT2D eigenvalue weighted by Crippen LogP contribution is 2.18. The Labute approximate surface area is 110 Å². The van der Waals surface area contributed by atoms with Crippen molar-refractivity contribution in [1.29, 1.82) is 0 Å². The van der Waals surface area contributed by atoms with Crippen molar-refractivity contribution in [3.63, 3.8) is 0 Å². The third kappa shape index (κ3) is 2.68. The van der Waals surface area contributed by atoms with Gasteiger partial charge in [0.2, 0.25) is 0 Å². The van der Waals surface area contributed by atoms with E-state index in [4.69, 9.17) is 0 Å². The van der Waals surface area contributed by atoms with Gasteiger partial charge in [0, 0.05) is 51.5 Å². The molecule has 3 heteroatoms. The monoisotopic (exact) mass is 245 g/mol. The first-order chi connectivity index (χ1) is 8.81. The Balaban J connectivity index is 1.53. The molecule has 2 saturated heterocycles. The smallest absolute Gasteiger partial charge is 0.0369 e. The minimum atomic E-state index is 0.899. The van der Waals surface area contributed by atoms with Crippen molar-refractivity contribution in [1.82, 2.24) is 10.2 Å². The van der Waals surface area contributed by atoms with Crippen molar-refractivity contribution in [2.75, 3.05) is 50.7 Å². The van der Waals surface area contributed by atoms with Crippen LogP contribution in [0.3, 0.4) is 0 Å². The van der Waals surface area contributed by atoms with Crippen LogP contribution >= 0.6 is 0 Å². The molecule has 2 heterocycles. The summed E-state index contributed by atoms with van der Waals surface area (Å²) in [6.45, 7) is 10.7. The number of aryl methyl sites for hydroxylation is 1. The van der Waals surface area contributed by atoms with Crippen LogP contribution in [0.25, 0.3) is 0 Å². The zero-order chi connectivity index (χ0) is 12.4. The number of hydrogen-bond acceptors (Lipinski definition) is 3. The van der Waals surface area contributed by atoms with Crippen LogP contribution in [0.4, 0.5) is 5.69 Å². The number of nitrogens with zero attached hydrogens (tertiary/aromatic N) is 2. The largest absolute Gasteiger partial charge is 0.369 e. The van der Waals surface area contributed by atoms with E-state index in [0.29, 0.717) is 0 Å². The minimum Gasteiger partial charge on any atom is -0.369 e. The third-order valence-electron chi connectivity index (χ3n) is 4.12. The molecule has 1 aromatic rings. The van der Waals surface area contributed by atoms with Gasteiger partial charge in [0.15, 0.2) is 0 Å². The lowest BCUT2D eigenvalue weighted by Gasteiger charge is -2.39. The van der Waals surface area contributed by atoms with Gasteiger partial charge in [-0.05, 0) is 30.5 Å². The summed E-state index contributed by atoms with van der Waals surface area (Å²) in [5.41, 5.74) is 2.75. The van der Waals surface area contributed by atoms with E-state index in [1.807, 2.05) is 0 Å².